The Morgan fingerprint density at radius 2 is 2.24 bits per heavy atom. The molecule has 2 atom stereocenters. The fourth-order valence-electron chi connectivity index (χ4n) is 3.59. The van der Waals surface area contributed by atoms with Crippen LogP contribution in [-0.4, -0.2) is 35.5 Å². The van der Waals surface area contributed by atoms with Gasteiger partial charge in [0, 0.05) is 29.4 Å². The number of benzene rings is 1. The van der Waals surface area contributed by atoms with Crippen molar-refractivity contribution < 1.29 is 14.7 Å². The number of carbonyl (C=O) groups is 2. The van der Waals surface area contributed by atoms with Crippen LogP contribution in [0.5, 0.6) is 0 Å². The van der Waals surface area contributed by atoms with Crippen molar-refractivity contribution in [3.05, 3.63) is 33.8 Å². The Morgan fingerprint density at radius 1 is 1.48 bits per heavy atom. The zero-order valence-corrected chi connectivity index (χ0v) is 13.5. The van der Waals surface area contributed by atoms with Crippen molar-refractivity contribution in [2.24, 2.45) is 5.92 Å². The van der Waals surface area contributed by atoms with Crippen LogP contribution in [0.1, 0.15) is 30.4 Å². The number of carboxylic acid groups (broad SMARTS) is 1. The van der Waals surface area contributed by atoms with Crippen molar-refractivity contribution in [2.75, 3.05) is 13.6 Å². The van der Waals surface area contributed by atoms with E-state index in [9.17, 15) is 9.59 Å². The number of amides is 1. The molecule has 1 amide bonds. The topological polar surface area (TPSA) is 57.6 Å². The van der Waals surface area contributed by atoms with E-state index in [1.807, 2.05) is 6.07 Å². The third-order valence-corrected chi connectivity index (χ3v) is 5.35. The van der Waals surface area contributed by atoms with E-state index in [1.165, 1.54) is 11.1 Å². The summed E-state index contributed by atoms with van der Waals surface area (Å²) in [6.07, 6.45) is 2.96. The molecule has 112 valence electrons. The largest absolute Gasteiger partial charge is 0.481 e. The van der Waals surface area contributed by atoms with Gasteiger partial charge < -0.3 is 10.0 Å². The van der Waals surface area contributed by atoms with Crippen LogP contribution in [-0.2, 0) is 21.4 Å². The average molecular weight is 352 g/mol. The number of carboxylic acids is 1. The molecule has 2 unspecified atom stereocenters. The van der Waals surface area contributed by atoms with E-state index in [0.29, 0.717) is 0 Å². The second-order valence-electron chi connectivity index (χ2n) is 6.12. The molecule has 1 saturated carbocycles. The first kappa shape index (κ1) is 14.6. The predicted octanol–water partition coefficient (Wildman–Crippen LogP) is 2.59. The highest BCUT2D eigenvalue weighted by molar-refractivity contribution is 9.10. The van der Waals surface area contributed by atoms with Gasteiger partial charge >= 0.3 is 5.97 Å². The lowest BCUT2D eigenvalue weighted by Gasteiger charge is -2.18. The molecule has 21 heavy (non-hydrogen) atoms. The summed E-state index contributed by atoms with van der Waals surface area (Å²) in [6, 6.07) is 6.33. The normalized spacial score (nSPS) is 25.7. The minimum Gasteiger partial charge on any atom is -0.481 e. The summed E-state index contributed by atoms with van der Waals surface area (Å²) in [6.45, 7) is 0.286. The fourth-order valence-corrected chi connectivity index (χ4v) is 4.00. The second kappa shape index (κ2) is 5.13. The number of carbonyl (C=O) groups excluding carboxylic acids is 1. The van der Waals surface area contributed by atoms with Gasteiger partial charge in [-0.2, -0.15) is 0 Å². The summed E-state index contributed by atoms with van der Waals surface area (Å²) in [7, 11) is 1.70. The molecule has 1 fully saturated rings. The summed E-state index contributed by atoms with van der Waals surface area (Å²) in [5, 5.41) is 8.72. The van der Waals surface area contributed by atoms with E-state index in [0.717, 1.165) is 23.7 Å². The molecule has 3 rings (SSSR count). The van der Waals surface area contributed by atoms with Crippen LogP contribution in [0.2, 0.25) is 0 Å². The lowest BCUT2D eigenvalue weighted by Crippen LogP contribution is -2.32. The molecule has 5 heteroatoms. The van der Waals surface area contributed by atoms with Crippen molar-refractivity contribution in [2.45, 2.75) is 31.1 Å². The maximum atomic E-state index is 12.5. The van der Waals surface area contributed by atoms with Gasteiger partial charge in [0.2, 0.25) is 5.91 Å². The van der Waals surface area contributed by atoms with Crippen molar-refractivity contribution >= 4 is 27.8 Å². The zero-order chi connectivity index (χ0) is 15.2. The molecule has 0 heterocycles. The summed E-state index contributed by atoms with van der Waals surface area (Å²) >= 11 is 3.49. The van der Waals surface area contributed by atoms with Crippen LogP contribution in [0.4, 0.5) is 0 Å². The molecule has 0 aliphatic heterocycles. The highest BCUT2D eigenvalue weighted by Crippen LogP contribution is 2.62. The van der Waals surface area contributed by atoms with Gasteiger partial charge in [-0.05, 0) is 42.5 Å². The highest BCUT2D eigenvalue weighted by atomic mass is 79.9. The van der Waals surface area contributed by atoms with Crippen molar-refractivity contribution in [1.82, 2.24) is 4.90 Å². The van der Waals surface area contributed by atoms with Crippen LogP contribution in [0.15, 0.2) is 22.7 Å². The van der Waals surface area contributed by atoms with E-state index in [1.54, 1.807) is 11.9 Å². The van der Waals surface area contributed by atoms with E-state index >= 15 is 0 Å². The second-order valence-corrected chi connectivity index (χ2v) is 7.03. The minimum atomic E-state index is -0.865. The number of aryl methyl sites for hydroxylation is 1. The number of aliphatic carboxylic acids is 1. The molecule has 2 aliphatic carbocycles. The molecular formula is C16H18BrNO3. The number of rotatable bonds is 4. The number of hydrogen-bond donors (Lipinski definition) is 1. The minimum absolute atomic E-state index is 0.00545. The number of fused-ring (bicyclic) bond motifs is 2. The summed E-state index contributed by atoms with van der Waals surface area (Å²) in [5.41, 5.74) is 2.67. The van der Waals surface area contributed by atoms with Crippen molar-refractivity contribution in [3.63, 3.8) is 0 Å². The van der Waals surface area contributed by atoms with Crippen molar-refractivity contribution in [1.29, 1.82) is 0 Å². The molecule has 2 aliphatic rings. The Labute approximate surface area is 132 Å². The summed E-state index contributed by atoms with van der Waals surface area (Å²) < 4.78 is 1.08. The Balaban J connectivity index is 1.72. The molecule has 1 spiro atoms. The summed E-state index contributed by atoms with van der Waals surface area (Å²) in [5.74, 6) is -0.748. The standard InChI is InChI=1S/C16H18BrNO3/c1-18(7-5-14(19)20)15(21)13-9-16(13)6-4-10-8-11(17)2-3-12(10)16/h2-3,8,13H,4-7,9H2,1H3,(H,19,20). The van der Waals surface area contributed by atoms with Crippen molar-refractivity contribution in [3.8, 4) is 0 Å². The fraction of sp³-hybridized carbons (Fsp3) is 0.500. The maximum Gasteiger partial charge on any atom is 0.305 e. The lowest BCUT2D eigenvalue weighted by atomic mass is 9.95. The monoisotopic (exact) mass is 351 g/mol. The van der Waals surface area contributed by atoms with Crippen LogP contribution in [0.3, 0.4) is 0 Å². The Hall–Kier alpha value is -1.36. The molecule has 4 nitrogen and oxygen atoms in total. The SMILES string of the molecule is CN(CCC(=O)O)C(=O)C1CC12CCc1cc(Br)ccc12. The smallest absolute Gasteiger partial charge is 0.305 e. The first-order chi connectivity index (χ1) is 9.94. The van der Waals surface area contributed by atoms with Crippen LogP contribution in [0, 0.1) is 5.92 Å². The van der Waals surface area contributed by atoms with E-state index in [2.05, 4.69) is 28.1 Å². The molecule has 0 aromatic heterocycles. The molecule has 1 aromatic carbocycles. The molecule has 0 bridgehead atoms. The van der Waals surface area contributed by atoms with Crippen LogP contribution >= 0.6 is 15.9 Å². The van der Waals surface area contributed by atoms with Gasteiger partial charge in [-0.15, -0.1) is 0 Å². The highest BCUT2D eigenvalue weighted by Gasteiger charge is 2.61. The molecule has 1 aromatic rings. The van der Waals surface area contributed by atoms with Crippen LogP contribution < -0.4 is 0 Å². The predicted molar refractivity (Wildman–Crippen MR) is 82.1 cm³/mol. The zero-order valence-electron chi connectivity index (χ0n) is 11.9. The van der Waals surface area contributed by atoms with Gasteiger partial charge in [0.1, 0.15) is 0 Å². The average Bonchev–Trinajstić information content (AvgIpc) is 3.06. The molecular weight excluding hydrogens is 334 g/mol. The number of hydrogen-bond acceptors (Lipinski definition) is 2. The van der Waals surface area contributed by atoms with E-state index < -0.39 is 5.97 Å². The Kier molecular flexibility index (Phi) is 3.56. The first-order valence-electron chi connectivity index (χ1n) is 7.20. The first-order valence-corrected chi connectivity index (χ1v) is 7.99. The molecule has 0 radical (unpaired) electrons. The molecule has 0 saturated heterocycles. The Morgan fingerprint density at radius 3 is 2.95 bits per heavy atom. The summed E-state index contributed by atoms with van der Waals surface area (Å²) in [4.78, 5) is 24.7. The van der Waals surface area contributed by atoms with E-state index in [-0.39, 0.29) is 30.2 Å². The Bertz CT molecular complexity index is 616. The van der Waals surface area contributed by atoms with E-state index in [4.69, 9.17) is 5.11 Å². The van der Waals surface area contributed by atoms with Gasteiger partial charge in [0.15, 0.2) is 0 Å². The maximum absolute atomic E-state index is 12.5. The van der Waals surface area contributed by atoms with Crippen LogP contribution in [0.25, 0.3) is 0 Å². The third kappa shape index (κ3) is 2.48. The quantitative estimate of drug-likeness (QED) is 0.906. The molecule has 1 N–H and O–H groups in total. The number of nitrogens with zero attached hydrogens (tertiary/aromatic N) is 1. The van der Waals surface area contributed by atoms with Gasteiger partial charge in [0.05, 0.1) is 6.42 Å². The third-order valence-electron chi connectivity index (χ3n) is 4.85. The lowest BCUT2D eigenvalue weighted by molar-refractivity contribution is -0.138. The number of halogens is 1. The van der Waals surface area contributed by atoms with Gasteiger partial charge in [-0.1, -0.05) is 22.0 Å². The van der Waals surface area contributed by atoms with Gasteiger partial charge in [-0.3, -0.25) is 9.59 Å². The van der Waals surface area contributed by atoms with Gasteiger partial charge in [0.25, 0.3) is 0 Å². The van der Waals surface area contributed by atoms with Gasteiger partial charge in [-0.25, -0.2) is 0 Å².